The van der Waals surface area contributed by atoms with E-state index in [0.29, 0.717) is 5.02 Å². The largest absolute Gasteiger partial charge is 0.461 e. The molecule has 0 aromatic heterocycles. The Kier molecular flexibility index (Phi) is 4.28. The van der Waals surface area contributed by atoms with E-state index in [0.717, 1.165) is 0 Å². The number of hydrogen-bond donors (Lipinski definition) is 1. The quantitative estimate of drug-likeness (QED) is 0.656. The Balaban J connectivity index is 2.54. The van der Waals surface area contributed by atoms with E-state index in [1.54, 1.807) is 12.1 Å². The van der Waals surface area contributed by atoms with Crippen molar-refractivity contribution >= 4 is 27.7 Å². The van der Waals surface area contributed by atoms with Crippen molar-refractivity contribution in [1.29, 1.82) is 0 Å². The average Bonchev–Trinajstić information content (AvgIpc) is 2.15. The van der Waals surface area contributed by atoms with Crippen LogP contribution < -0.4 is 0 Å². The molecule has 0 aliphatic rings. The summed E-state index contributed by atoms with van der Waals surface area (Å²) in [6.45, 7) is -0.399. The van der Waals surface area contributed by atoms with Gasteiger partial charge in [-0.1, -0.05) is 17.7 Å². The molecule has 1 N–H and O–H groups in total. The molecule has 0 unspecified atom stereocenters. The lowest BCUT2D eigenvalue weighted by Crippen LogP contribution is -2.14. The number of carbonyl (C=O) groups is 1. The lowest BCUT2D eigenvalue weighted by atomic mass is 10.2. The van der Waals surface area contributed by atoms with Crippen LogP contribution in [0.15, 0.2) is 24.3 Å². The van der Waals surface area contributed by atoms with Crippen LogP contribution in [0, 0.1) is 0 Å². The number of carbonyl (C=O) groups excluding carboxylic acids is 1. The Morgan fingerprint density at radius 3 is 2.69 bits per heavy atom. The average molecular weight is 265 g/mol. The predicted molar refractivity (Wildman–Crippen MR) is 58.2 cm³/mol. The number of esters is 1. The van der Waals surface area contributed by atoms with Crippen LogP contribution in [0.1, 0.15) is 10.4 Å². The molecule has 5 nitrogen and oxygen atoms in total. The number of rotatable bonds is 4. The monoisotopic (exact) mass is 264 g/mol. The molecule has 0 spiro atoms. The maximum atomic E-state index is 11.3. The second kappa shape index (κ2) is 5.29. The first-order chi connectivity index (χ1) is 7.38. The molecule has 0 radical (unpaired) electrons. The molecule has 16 heavy (non-hydrogen) atoms. The van der Waals surface area contributed by atoms with Crippen LogP contribution in [-0.4, -0.2) is 31.3 Å². The molecule has 0 aliphatic heterocycles. The summed E-state index contributed by atoms with van der Waals surface area (Å²) < 4.78 is 33.7. The molecule has 0 amide bonds. The minimum Gasteiger partial charge on any atom is -0.461 e. The van der Waals surface area contributed by atoms with E-state index in [4.69, 9.17) is 16.2 Å². The third-order valence-corrected chi connectivity index (χ3v) is 2.55. The Labute approximate surface area is 97.7 Å². The summed E-state index contributed by atoms with van der Waals surface area (Å²) in [6, 6.07) is 6.05. The number of hydrogen-bond acceptors (Lipinski definition) is 4. The standard InChI is InChI=1S/C9H9ClO5S/c10-8-3-1-2-7(6-8)9(11)15-4-5-16(12,13)14/h1-3,6H,4-5H2,(H,12,13,14). The second-order valence-electron chi connectivity index (χ2n) is 2.93. The SMILES string of the molecule is O=C(OCCS(=O)(=O)O)c1cccc(Cl)c1. The predicted octanol–water partition coefficient (Wildman–Crippen LogP) is 1.38. The van der Waals surface area contributed by atoms with Crippen molar-refractivity contribution in [2.24, 2.45) is 0 Å². The summed E-state index contributed by atoms with van der Waals surface area (Å²) >= 11 is 5.65. The number of ether oxygens (including phenoxy) is 1. The van der Waals surface area contributed by atoms with Gasteiger partial charge in [-0.25, -0.2) is 4.79 Å². The highest BCUT2D eigenvalue weighted by atomic mass is 35.5. The third-order valence-electron chi connectivity index (χ3n) is 1.63. The fraction of sp³-hybridized carbons (Fsp3) is 0.222. The lowest BCUT2D eigenvalue weighted by molar-refractivity contribution is 0.0528. The van der Waals surface area contributed by atoms with Gasteiger partial charge in [0.05, 0.1) is 5.56 Å². The minimum atomic E-state index is -4.11. The number of benzene rings is 1. The van der Waals surface area contributed by atoms with Crippen LogP contribution in [0.2, 0.25) is 5.02 Å². The molecule has 0 atom stereocenters. The van der Waals surface area contributed by atoms with E-state index in [2.05, 4.69) is 4.74 Å². The van der Waals surface area contributed by atoms with Crippen LogP contribution in [0.3, 0.4) is 0 Å². The summed E-state index contributed by atoms with van der Waals surface area (Å²) in [6.07, 6.45) is 0. The van der Waals surface area contributed by atoms with Gasteiger partial charge >= 0.3 is 5.97 Å². The summed E-state index contributed by atoms with van der Waals surface area (Å²) in [4.78, 5) is 11.3. The molecule has 0 saturated carbocycles. The van der Waals surface area contributed by atoms with Gasteiger partial charge in [-0.15, -0.1) is 0 Å². The Bertz CT molecular complexity index is 482. The molecule has 0 heterocycles. The van der Waals surface area contributed by atoms with E-state index < -0.39 is 28.4 Å². The fourth-order valence-electron chi connectivity index (χ4n) is 0.938. The van der Waals surface area contributed by atoms with Crippen LogP contribution in [0.4, 0.5) is 0 Å². The first-order valence-electron chi connectivity index (χ1n) is 4.26. The molecule has 1 aromatic carbocycles. The molecular weight excluding hydrogens is 256 g/mol. The van der Waals surface area contributed by atoms with Crippen molar-refractivity contribution in [2.45, 2.75) is 0 Å². The smallest absolute Gasteiger partial charge is 0.338 e. The number of halogens is 1. The van der Waals surface area contributed by atoms with E-state index >= 15 is 0 Å². The van der Waals surface area contributed by atoms with Gasteiger partial charge in [-0.05, 0) is 18.2 Å². The van der Waals surface area contributed by atoms with E-state index in [9.17, 15) is 13.2 Å². The Morgan fingerprint density at radius 2 is 2.12 bits per heavy atom. The zero-order valence-corrected chi connectivity index (χ0v) is 9.66. The van der Waals surface area contributed by atoms with Crippen LogP contribution in [-0.2, 0) is 14.9 Å². The third kappa shape index (κ3) is 4.61. The van der Waals surface area contributed by atoms with E-state index in [1.165, 1.54) is 12.1 Å². The van der Waals surface area contributed by atoms with Crippen molar-refractivity contribution in [2.75, 3.05) is 12.4 Å². The van der Waals surface area contributed by atoms with Crippen molar-refractivity contribution < 1.29 is 22.5 Å². The molecule has 88 valence electrons. The highest BCUT2D eigenvalue weighted by molar-refractivity contribution is 7.85. The second-order valence-corrected chi connectivity index (χ2v) is 4.94. The topological polar surface area (TPSA) is 80.7 Å². The maximum Gasteiger partial charge on any atom is 0.338 e. The van der Waals surface area contributed by atoms with Gasteiger partial charge in [0.15, 0.2) is 0 Å². The van der Waals surface area contributed by atoms with Crippen molar-refractivity contribution in [3.8, 4) is 0 Å². The summed E-state index contributed by atoms with van der Waals surface area (Å²) in [5, 5.41) is 0.379. The first kappa shape index (κ1) is 13.0. The van der Waals surface area contributed by atoms with Crippen molar-refractivity contribution in [3.05, 3.63) is 34.9 Å². The minimum absolute atomic E-state index is 0.225. The van der Waals surface area contributed by atoms with Gasteiger partial charge in [0.1, 0.15) is 12.4 Å². The Hall–Kier alpha value is -1.11. The van der Waals surface area contributed by atoms with Gasteiger partial charge in [-0.2, -0.15) is 8.42 Å². The zero-order chi connectivity index (χ0) is 12.2. The van der Waals surface area contributed by atoms with Gasteiger partial charge in [0.25, 0.3) is 10.1 Å². The first-order valence-corrected chi connectivity index (χ1v) is 6.25. The van der Waals surface area contributed by atoms with Crippen LogP contribution >= 0.6 is 11.6 Å². The zero-order valence-electron chi connectivity index (χ0n) is 8.09. The van der Waals surface area contributed by atoms with E-state index in [-0.39, 0.29) is 5.56 Å². The van der Waals surface area contributed by atoms with Crippen LogP contribution in [0.25, 0.3) is 0 Å². The van der Waals surface area contributed by atoms with Gasteiger partial charge in [-0.3, -0.25) is 4.55 Å². The molecule has 1 rings (SSSR count). The van der Waals surface area contributed by atoms with E-state index in [1.807, 2.05) is 0 Å². The molecule has 0 aliphatic carbocycles. The highest BCUT2D eigenvalue weighted by Gasteiger charge is 2.10. The van der Waals surface area contributed by atoms with Crippen LogP contribution in [0.5, 0.6) is 0 Å². The Morgan fingerprint density at radius 1 is 1.44 bits per heavy atom. The van der Waals surface area contributed by atoms with Gasteiger partial charge < -0.3 is 4.74 Å². The molecule has 0 bridgehead atoms. The maximum absolute atomic E-state index is 11.3. The summed E-state index contributed by atoms with van der Waals surface area (Å²) in [7, 11) is -4.11. The van der Waals surface area contributed by atoms with Gasteiger partial charge in [0, 0.05) is 5.02 Å². The summed E-state index contributed by atoms with van der Waals surface area (Å²) in [5.74, 6) is -1.31. The molecule has 1 aromatic rings. The molecule has 0 fully saturated rings. The highest BCUT2D eigenvalue weighted by Crippen LogP contribution is 2.11. The van der Waals surface area contributed by atoms with Gasteiger partial charge in [0.2, 0.25) is 0 Å². The van der Waals surface area contributed by atoms with Crippen molar-refractivity contribution in [1.82, 2.24) is 0 Å². The summed E-state index contributed by atoms with van der Waals surface area (Å²) in [5.41, 5.74) is 0.225. The molecular formula is C9H9ClO5S. The fourth-order valence-corrected chi connectivity index (χ4v) is 1.42. The molecule has 0 saturated heterocycles. The van der Waals surface area contributed by atoms with Crippen molar-refractivity contribution in [3.63, 3.8) is 0 Å². The molecule has 7 heteroatoms. The lowest BCUT2D eigenvalue weighted by Gasteiger charge is -2.03. The normalized spacial score (nSPS) is 11.1.